The molecule has 2 nitrogen and oxygen atoms in total. The van der Waals surface area contributed by atoms with Gasteiger partial charge in [-0.25, -0.2) is 0 Å². The molecule has 0 spiro atoms. The number of ether oxygens (including phenoxy) is 1. The van der Waals surface area contributed by atoms with E-state index in [4.69, 9.17) is 4.74 Å². The Labute approximate surface area is 123 Å². The standard InChI is InChI=1S/C18H29NO/c1-5-10-18(4,13-19-14(2)3)12-16-11-15-8-6-7-9-17(15)20-16/h6-9,14,16,19H,5,10-13H2,1-4H3. The van der Waals surface area contributed by atoms with E-state index in [2.05, 4.69) is 57.3 Å². The third-order valence-corrected chi connectivity index (χ3v) is 4.22. The first-order valence-electron chi connectivity index (χ1n) is 8.00. The minimum Gasteiger partial charge on any atom is -0.490 e. The lowest BCUT2D eigenvalue weighted by molar-refractivity contribution is 0.133. The van der Waals surface area contributed by atoms with E-state index in [0.29, 0.717) is 17.6 Å². The number of benzene rings is 1. The van der Waals surface area contributed by atoms with Crippen LogP contribution in [0.4, 0.5) is 0 Å². The van der Waals surface area contributed by atoms with E-state index in [9.17, 15) is 0 Å². The van der Waals surface area contributed by atoms with Crippen LogP contribution in [0.15, 0.2) is 24.3 Å². The number of fused-ring (bicyclic) bond motifs is 1. The molecule has 1 aromatic rings. The summed E-state index contributed by atoms with van der Waals surface area (Å²) < 4.78 is 6.13. The fourth-order valence-corrected chi connectivity index (χ4v) is 3.23. The minimum absolute atomic E-state index is 0.325. The summed E-state index contributed by atoms with van der Waals surface area (Å²) in [4.78, 5) is 0. The van der Waals surface area contributed by atoms with Crippen LogP contribution in [-0.4, -0.2) is 18.7 Å². The Bertz CT molecular complexity index is 404. The lowest BCUT2D eigenvalue weighted by Gasteiger charge is -2.33. The molecular formula is C18H29NO. The quantitative estimate of drug-likeness (QED) is 0.806. The van der Waals surface area contributed by atoms with Crippen molar-refractivity contribution in [3.63, 3.8) is 0 Å². The van der Waals surface area contributed by atoms with Gasteiger partial charge in [0.1, 0.15) is 11.9 Å². The second-order valence-electron chi connectivity index (χ2n) is 6.85. The summed E-state index contributed by atoms with van der Waals surface area (Å²) in [5, 5.41) is 3.61. The van der Waals surface area contributed by atoms with E-state index in [-0.39, 0.29) is 0 Å². The van der Waals surface area contributed by atoms with Crippen LogP contribution in [0.1, 0.15) is 52.5 Å². The van der Waals surface area contributed by atoms with Gasteiger partial charge < -0.3 is 10.1 Å². The molecule has 1 heterocycles. The largest absolute Gasteiger partial charge is 0.490 e. The summed E-state index contributed by atoms with van der Waals surface area (Å²) in [6.07, 6.45) is 5.03. The lowest BCUT2D eigenvalue weighted by Crippen LogP contribution is -2.38. The monoisotopic (exact) mass is 275 g/mol. The topological polar surface area (TPSA) is 21.3 Å². The molecule has 0 saturated carbocycles. The molecular weight excluding hydrogens is 246 g/mol. The molecule has 2 heteroatoms. The average Bonchev–Trinajstić information content (AvgIpc) is 2.78. The van der Waals surface area contributed by atoms with Crippen LogP contribution in [0, 0.1) is 5.41 Å². The second-order valence-corrected chi connectivity index (χ2v) is 6.85. The van der Waals surface area contributed by atoms with Crippen molar-refractivity contribution in [1.29, 1.82) is 0 Å². The first-order chi connectivity index (χ1) is 9.52. The molecule has 1 aliphatic rings. The Balaban J connectivity index is 1.96. The van der Waals surface area contributed by atoms with Crippen molar-refractivity contribution < 1.29 is 4.74 Å². The second kappa shape index (κ2) is 6.62. The summed E-state index contributed by atoms with van der Waals surface area (Å²) in [6.45, 7) is 10.2. The Hall–Kier alpha value is -1.02. The van der Waals surface area contributed by atoms with Gasteiger partial charge in [0.2, 0.25) is 0 Å². The zero-order valence-corrected chi connectivity index (χ0v) is 13.4. The highest BCUT2D eigenvalue weighted by Gasteiger charge is 2.32. The molecule has 1 aliphatic heterocycles. The van der Waals surface area contributed by atoms with Gasteiger partial charge in [0.15, 0.2) is 0 Å². The SMILES string of the molecule is CCCC(C)(CNC(C)C)CC1Cc2ccccc2O1. The van der Waals surface area contributed by atoms with Crippen LogP contribution < -0.4 is 10.1 Å². The number of rotatable bonds is 7. The van der Waals surface area contributed by atoms with Crippen LogP contribution >= 0.6 is 0 Å². The summed E-state index contributed by atoms with van der Waals surface area (Å²) >= 11 is 0. The predicted octanol–water partition coefficient (Wildman–Crippen LogP) is 4.18. The molecule has 0 bridgehead atoms. The van der Waals surface area contributed by atoms with Gasteiger partial charge in [-0.1, -0.05) is 52.3 Å². The van der Waals surface area contributed by atoms with Gasteiger partial charge in [0.25, 0.3) is 0 Å². The van der Waals surface area contributed by atoms with Gasteiger partial charge in [-0.2, -0.15) is 0 Å². The zero-order chi connectivity index (χ0) is 14.6. The molecule has 2 rings (SSSR count). The summed E-state index contributed by atoms with van der Waals surface area (Å²) in [5.41, 5.74) is 1.69. The minimum atomic E-state index is 0.325. The van der Waals surface area contributed by atoms with Crippen molar-refractivity contribution in [2.24, 2.45) is 5.41 Å². The molecule has 0 saturated heterocycles. The number of hydrogen-bond donors (Lipinski definition) is 1. The molecule has 2 atom stereocenters. The fraction of sp³-hybridized carbons (Fsp3) is 0.667. The molecule has 0 amide bonds. The van der Waals surface area contributed by atoms with Crippen molar-refractivity contribution >= 4 is 0 Å². The average molecular weight is 275 g/mol. The van der Waals surface area contributed by atoms with E-state index in [1.165, 1.54) is 18.4 Å². The molecule has 1 N–H and O–H groups in total. The van der Waals surface area contributed by atoms with Crippen LogP contribution in [0.25, 0.3) is 0 Å². The Morgan fingerprint density at radius 1 is 1.35 bits per heavy atom. The highest BCUT2D eigenvalue weighted by atomic mass is 16.5. The maximum Gasteiger partial charge on any atom is 0.123 e. The van der Waals surface area contributed by atoms with Gasteiger partial charge in [0.05, 0.1) is 0 Å². The van der Waals surface area contributed by atoms with Crippen LogP contribution in [0.3, 0.4) is 0 Å². The Morgan fingerprint density at radius 3 is 2.75 bits per heavy atom. The summed E-state index contributed by atoms with van der Waals surface area (Å²) in [5.74, 6) is 1.09. The fourth-order valence-electron chi connectivity index (χ4n) is 3.23. The van der Waals surface area contributed by atoms with Crippen LogP contribution in [0.5, 0.6) is 5.75 Å². The molecule has 2 unspecified atom stereocenters. The molecule has 20 heavy (non-hydrogen) atoms. The highest BCUT2D eigenvalue weighted by molar-refractivity contribution is 5.37. The number of hydrogen-bond acceptors (Lipinski definition) is 2. The summed E-state index contributed by atoms with van der Waals surface area (Å²) in [7, 11) is 0. The summed E-state index contributed by atoms with van der Waals surface area (Å²) in [6, 6.07) is 9.01. The van der Waals surface area contributed by atoms with Gasteiger partial charge in [-0.15, -0.1) is 0 Å². The van der Waals surface area contributed by atoms with E-state index in [0.717, 1.165) is 25.1 Å². The number of nitrogens with one attached hydrogen (secondary N) is 1. The van der Waals surface area contributed by atoms with Crippen molar-refractivity contribution in [2.45, 2.75) is 65.5 Å². The normalized spacial score (nSPS) is 20.6. The molecule has 0 aliphatic carbocycles. The molecule has 0 radical (unpaired) electrons. The van der Waals surface area contributed by atoms with E-state index >= 15 is 0 Å². The lowest BCUT2D eigenvalue weighted by atomic mass is 9.79. The first kappa shape index (κ1) is 15.4. The van der Waals surface area contributed by atoms with E-state index in [1.807, 2.05) is 0 Å². The van der Waals surface area contributed by atoms with Gasteiger partial charge >= 0.3 is 0 Å². The van der Waals surface area contributed by atoms with Crippen molar-refractivity contribution in [3.8, 4) is 5.75 Å². The Kier molecular flexibility index (Phi) is 5.09. The molecule has 112 valence electrons. The van der Waals surface area contributed by atoms with Gasteiger partial charge in [-0.05, 0) is 29.9 Å². The highest BCUT2D eigenvalue weighted by Crippen LogP contribution is 2.36. The maximum atomic E-state index is 6.13. The molecule has 0 aromatic heterocycles. The van der Waals surface area contributed by atoms with E-state index < -0.39 is 0 Å². The molecule has 0 fully saturated rings. The van der Waals surface area contributed by atoms with Crippen LogP contribution in [0.2, 0.25) is 0 Å². The number of para-hydroxylation sites is 1. The van der Waals surface area contributed by atoms with Crippen molar-refractivity contribution in [1.82, 2.24) is 5.32 Å². The van der Waals surface area contributed by atoms with Crippen molar-refractivity contribution in [3.05, 3.63) is 29.8 Å². The van der Waals surface area contributed by atoms with E-state index in [1.54, 1.807) is 0 Å². The van der Waals surface area contributed by atoms with Crippen molar-refractivity contribution in [2.75, 3.05) is 6.54 Å². The molecule has 1 aromatic carbocycles. The Morgan fingerprint density at radius 2 is 2.10 bits per heavy atom. The van der Waals surface area contributed by atoms with Gasteiger partial charge in [0, 0.05) is 19.0 Å². The third-order valence-electron chi connectivity index (χ3n) is 4.22. The van der Waals surface area contributed by atoms with Crippen LogP contribution in [-0.2, 0) is 6.42 Å². The van der Waals surface area contributed by atoms with Gasteiger partial charge in [-0.3, -0.25) is 0 Å². The zero-order valence-electron chi connectivity index (χ0n) is 13.4. The maximum absolute atomic E-state index is 6.13. The first-order valence-corrected chi connectivity index (χ1v) is 8.00. The smallest absolute Gasteiger partial charge is 0.123 e. The predicted molar refractivity (Wildman–Crippen MR) is 85.3 cm³/mol. The third kappa shape index (κ3) is 3.99.